The fourth-order valence-electron chi connectivity index (χ4n) is 3.61. The van der Waals surface area contributed by atoms with Crippen LogP contribution in [-0.2, 0) is 20.0 Å². The molecule has 1 aliphatic rings. The van der Waals surface area contributed by atoms with E-state index >= 15 is 0 Å². The zero-order valence-corrected chi connectivity index (χ0v) is 20.6. The summed E-state index contributed by atoms with van der Waals surface area (Å²) in [5, 5.41) is 7.46. The molecule has 0 bridgehead atoms. The molecule has 0 atom stereocenters. The van der Waals surface area contributed by atoms with Crippen molar-refractivity contribution in [1.82, 2.24) is 0 Å². The average molecular weight is 637 g/mol. The van der Waals surface area contributed by atoms with Crippen LogP contribution in [0.5, 0.6) is 0 Å². The molecule has 0 nitrogen and oxygen atoms in total. The quantitative estimate of drug-likeness (QED) is 0.138. The molecule has 0 spiro atoms. The Morgan fingerprint density at radius 3 is 1.61 bits per heavy atom. The van der Waals surface area contributed by atoms with Crippen molar-refractivity contribution >= 4 is 87.6 Å². The first-order valence-electron chi connectivity index (χ1n) is 8.57. The predicted octanol–water partition coefficient (Wildman–Crippen LogP) is 7.03. The first-order chi connectivity index (χ1) is 13.9. The van der Waals surface area contributed by atoms with Crippen LogP contribution in [0.3, 0.4) is 0 Å². The fourth-order valence-corrected chi connectivity index (χ4v) is 11.6. The first kappa shape index (κ1) is 19.4. The predicted molar refractivity (Wildman–Crippen MR) is 126 cm³/mol. The van der Waals surface area contributed by atoms with Gasteiger partial charge < -0.3 is 0 Å². The smallest absolute Gasteiger partial charge is 0.0750 e. The Hall–Kier alpha value is -0.610. The van der Waals surface area contributed by atoms with E-state index in [1.165, 1.54) is 33.9 Å². The van der Waals surface area contributed by atoms with Crippen LogP contribution in [0.15, 0.2) is 87.3 Å². The van der Waals surface area contributed by atoms with E-state index in [9.17, 15) is 0 Å². The van der Waals surface area contributed by atoms with E-state index in [2.05, 4.69) is 88.1 Å². The molecule has 0 aliphatic carbocycles. The zero-order chi connectivity index (χ0) is 19.1. The molecule has 0 fully saturated rings. The Bertz CT molecular complexity index is 1200. The van der Waals surface area contributed by atoms with Gasteiger partial charge in [-0.3, -0.25) is 0 Å². The molecule has 0 radical (unpaired) electrons. The number of hydrogen-bond acceptors (Lipinski definition) is 3. The van der Waals surface area contributed by atoms with Crippen LogP contribution in [0.1, 0.15) is 0 Å². The SMILES string of the molecule is [Cl][Au].c1ccc(P2c3c(sc4ccccc34)Sc3sc4ccccc4c32)cc1. The van der Waals surface area contributed by atoms with Crippen molar-refractivity contribution in [1.29, 1.82) is 0 Å². The van der Waals surface area contributed by atoms with Crippen LogP contribution < -0.4 is 15.9 Å². The van der Waals surface area contributed by atoms with Crippen LogP contribution in [0.25, 0.3) is 20.2 Å². The summed E-state index contributed by atoms with van der Waals surface area (Å²) >= 11 is 7.65. The van der Waals surface area contributed by atoms with Gasteiger partial charge in [-0.05, 0) is 25.4 Å². The molecule has 0 saturated carbocycles. The molecule has 3 heterocycles. The monoisotopic (exact) mass is 636 g/mol. The molecular formula is C22H13AuClPS3. The number of hydrogen-bond donors (Lipinski definition) is 0. The molecule has 2 aromatic heterocycles. The van der Waals surface area contributed by atoms with Gasteiger partial charge in [-0.25, -0.2) is 0 Å². The Kier molecular flexibility index (Phi) is 5.71. The maximum Gasteiger partial charge on any atom is 0.0750 e. The second-order valence-electron chi connectivity index (χ2n) is 6.24. The van der Waals surface area contributed by atoms with Crippen LogP contribution in [0.2, 0.25) is 0 Å². The Morgan fingerprint density at radius 1 is 0.607 bits per heavy atom. The van der Waals surface area contributed by atoms with Gasteiger partial charge in [0.2, 0.25) is 0 Å². The van der Waals surface area contributed by atoms with E-state index < -0.39 is 7.92 Å². The van der Waals surface area contributed by atoms with Gasteiger partial charge in [0.15, 0.2) is 0 Å². The largest absolute Gasteiger partial charge is 0.128 e. The third-order valence-corrected chi connectivity index (χ3v) is 11.7. The average Bonchev–Trinajstić information content (AvgIpc) is 3.32. The number of thiophene rings is 2. The summed E-state index contributed by atoms with van der Waals surface area (Å²) in [5.41, 5.74) is 0. The van der Waals surface area contributed by atoms with Crippen molar-refractivity contribution in [2.75, 3.05) is 0 Å². The topological polar surface area (TPSA) is 0 Å². The van der Waals surface area contributed by atoms with Gasteiger partial charge in [0.25, 0.3) is 0 Å². The molecule has 3 aromatic carbocycles. The number of rotatable bonds is 1. The second kappa shape index (κ2) is 8.26. The molecule has 6 heteroatoms. The Labute approximate surface area is 193 Å². The van der Waals surface area contributed by atoms with Gasteiger partial charge in [-0.2, -0.15) is 0 Å². The standard InChI is InChI=1S/C22H13PS3.Au.ClH/c1-2-8-14(9-3-1)23-19-15-10-4-6-12-17(15)24-21(19)26-22-20(23)16-11-5-7-13-18(16)25-22;;/h1-13H;;1H/q;+1;/p-1. The normalized spacial score (nSPS) is 13.1. The molecule has 1 aliphatic heterocycles. The maximum atomic E-state index is 4.58. The Balaban J connectivity index is 0.000000829. The summed E-state index contributed by atoms with van der Waals surface area (Å²) in [6.07, 6.45) is 0. The molecule has 0 amide bonds. The minimum Gasteiger partial charge on any atom is -0.128 e. The van der Waals surface area contributed by atoms with Gasteiger partial charge in [0.05, 0.1) is 8.42 Å². The Morgan fingerprint density at radius 2 is 1.07 bits per heavy atom. The van der Waals surface area contributed by atoms with Gasteiger partial charge in [0, 0.05) is 30.8 Å². The second-order valence-corrected chi connectivity index (χ2v) is 12.0. The molecule has 6 rings (SSSR count). The van der Waals surface area contributed by atoms with Crippen LogP contribution in [0.4, 0.5) is 0 Å². The van der Waals surface area contributed by atoms with Crippen molar-refractivity contribution in [3.8, 4) is 0 Å². The van der Waals surface area contributed by atoms with Crippen LogP contribution in [-0.4, -0.2) is 0 Å². The van der Waals surface area contributed by atoms with Crippen LogP contribution >= 0.6 is 51.5 Å². The fraction of sp³-hybridized carbons (Fsp3) is 0. The van der Waals surface area contributed by atoms with Crippen molar-refractivity contribution < 1.29 is 20.0 Å². The summed E-state index contributed by atoms with van der Waals surface area (Å²) in [7, 11) is 4.06. The molecule has 142 valence electrons. The third kappa shape index (κ3) is 3.14. The molecule has 0 N–H and O–H groups in total. The van der Waals surface area contributed by atoms with Crippen LogP contribution in [0, 0.1) is 0 Å². The zero-order valence-electron chi connectivity index (χ0n) is 14.4. The minimum absolute atomic E-state index is 0.524. The van der Waals surface area contributed by atoms with Crippen molar-refractivity contribution in [3.05, 3.63) is 78.9 Å². The van der Waals surface area contributed by atoms with Gasteiger partial charge >= 0.3 is 29.2 Å². The van der Waals surface area contributed by atoms with E-state index in [-0.39, 0.29) is 0 Å². The number of halogens is 1. The molecular weight excluding hydrogens is 624 g/mol. The summed E-state index contributed by atoms with van der Waals surface area (Å²) in [4.78, 5) is 0. The number of fused-ring (bicyclic) bond motifs is 6. The minimum atomic E-state index is -0.524. The maximum absolute atomic E-state index is 4.58. The van der Waals surface area contributed by atoms with E-state index in [1.807, 2.05) is 34.4 Å². The van der Waals surface area contributed by atoms with Crippen molar-refractivity contribution in [3.63, 3.8) is 0 Å². The summed E-state index contributed by atoms with van der Waals surface area (Å²) < 4.78 is 5.79. The molecule has 0 unspecified atom stereocenters. The van der Waals surface area contributed by atoms with E-state index in [0.717, 1.165) is 0 Å². The van der Waals surface area contributed by atoms with E-state index in [4.69, 9.17) is 0 Å². The molecule has 5 aromatic rings. The van der Waals surface area contributed by atoms with Crippen molar-refractivity contribution in [2.45, 2.75) is 8.42 Å². The summed E-state index contributed by atoms with van der Waals surface area (Å²) in [6.45, 7) is 0. The van der Waals surface area contributed by atoms with Gasteiger partial charge in [0.1, 0.15) is 0 Å². The molecule has 28 heavy (non-hydrogen) atoms. The first-order valence-corrected chi connectivity index (χ1v) is 15.1. The van der Waals surface area contributed by atoms with E-state index in [0.29, 0.717) is 0 Å². The van der Waals surface area contributed by atoms with Gasteiger partial charge in [-0.1, -0.05) is 78.5 Å². The number of benzene rings is 3. The third-order valence-electron chi connectivity index (χ3n) is 4.72. The summed E-state index contributed by atoms with van der Waals surface area (Å²) in [6, 6.07) is 28.9. The summed E-state index contributed by atoms with van der Waals surface area (Å²) in [5.74, 6) is 0. The molecule has 0 saturated heterocycles. The van der Waals surface area contributed by atoms with Gasteiger partial charge in [-0.15, -0.1) is 22.7 Å². The van der Waals surface area contributed by atoms with Crippen molar-refractivity contribution in [2.24, 2.45) is 0 Å². The van der Waals surface area contributed by atoms with E-state index in [1.54, 1.807) is 30.6 Å².